The van der Waals surface area contributed by atoms with E-state index in [9.17, 15) is 0 Å². The van der Waals surface area contributed by atoms with Gasteiger partial charge in [0, 0.05) is 0 Å². The van der Waals surface area contributed by atoms with Gasteiger partial charge in [-0.25, -0.2) is 0 Å². The Morgan fingerprint density at radius 1 is 0.700 bits per heavy atom. The van der Waals surface area contributed by atoms with Crippen molar-refractivity contribution in [1.29, 1.82) is 0 Å². The minimum atomic E-state index is 0.799. The fraction of sp³-hybridized carbons (Fsp3) is 0.900. The first kappa shape index (κ1) is 19.7. The van der Waals surface area contributed by atoms with Crippen molar-refractivity contribution in [1.82, 2.24) is 0 Å². The summed E-state index contributed by atoms with van der Waals surface area (Å²) in [5.74, 6) is 1.75. The van der Waals surface area contributed by atoms with E-state index < -0.39 is 0 Å². The van der Waals surface area contributed by atoms with Crippen LogP contribution in [0.3, 0.4) is 0 Å². The van der Waals surface area contributed by atoms with Gasteiger partial charge in [0.25, 0.3) is 0 Å². The molecule has 0 bridgehead atoms. The first-order valence-corrected chi connectivity index (χ1v) is 9.37. The first-order chi connectivity index (χ1) is 9.69. The van der Waals surface area contributed by atoms with Gasteiger partial charge in [0.1, 0.15) is 0 Å². The molecule has 0 spiro atoms. The molecule has 0 aliphatic heterocycles. The predicted octanol–water partition coefficient (Wildman–Crippen LogP) is 7.54. The topological polar surface area (TPSA) is 0 Å². The number of rotatable bonds is 14. The third-order valence-corrected chi connectivity index (χ3v) is 4.66. The molecular weight excluding hydrogens is 240 g/mol. The van der Waals surface area contributed by atoms with Crippen molar-refractivity contribution in [3.63, 3.8) is 0 Å². The highest BCUT2D eigenvalue weighted by Crippen LogP contribution is 2.29. The Kier molecular flexibility index (Phi) is 13.5. The van der Waals surface area contributed by atoms with Gasteiger partial charge in [0.05, 0.1) is 0 Å². The van der Waals surface area contributed by atoms with Crippen LogP contribution in [0.15, 0.2) is 12.2 Å². The Bertz CT molecular complexity index is 216. The summed E-state index contributed by atoms with van der Waals surface area (Å²) in [4.78, 5) is 0. The van der Waals surface area contributed by atoms with Gasteiger partial charge < -0.3 is 0 Å². The van der Waals surface area contributed by atoms with Crippen molar-refractivity contribution >= 4 is 0 Å². The molecule has 0 heteroatoms. The smallest absolute Gasteiger partial charge is 0.0206 e. The summed E-state index contributed by atoms with van der Waals surface area (Å²) >= 11 is 0. The van der Waals surface area contributed by atoms with E-state index in [1.165, 1.54) is 77.0 Å². The summed E-state index contributed by atoms with van der Waals surface area (Å²) in [6.45, 7) is 13.7. The van der Waals surface area contributed by atoms with Gasteiger partial charge in [-0.3, -0.25) is 0 Å². The van der Waals surface area contributed by atoms with Crippen molar-refractivity contribution in [2.24, 2.45) is 11.8 Å². The Hall–Kier alpha value is -0.260. The van der Waals surface area contributed by atoms with Crippen LogP contribution >= 0.6 is 0 Å². The quantitative estimate of drug-likeness (QED) is 0.288. The molecule has 0 heterocycles. The van der Waals surface area contributed by atoms with Crippen molar-refractivity contribution < 1.29 is 0 Å². The molecular formula is C20H40. The number of allylic oxidation sites excluding steroid dienone is 1. The van der Waals surface area contributed by atoms with Crippen LogP contribution in [0.5, 0.6) is 0 Å². The van der Waals surface area contributed by atoms with Crippen molar-refractivity contribution in [3.8, 4) is 0 Å². The molecule has 0 aromatic carbocycles. The van der Waals surface area contributed by atoms with E-state index in [-0.39, 0.29) is 0 Å². The molecule has 0 N–H and O–H groups in total. The van der Waals surface area contributed by atoms with Gasteiger partial charge in [0.15, 0.2) is 0 Å². The molecule has 120 valence electrons. The molecule has 0 aliphatic carbocycles. The highest BCUT2D eigenvalue weighted by atomic mass is 14.2. The molecule has 0 aromatic heterocycles. The summed E-state index contributed by atoms with van der Waals surface area (Å²) in [5, 5.41) is 0. The molecule has 2 atom stereocenters. The Morgan fingerprint density at radius 3 is 1.85 bits per heavy atom. The highest BCUT2D eigenvalue weighted by molar-refractivity contribution is 5.00. The van der Waals surface area contributed by atoms with Gasteiger partial charge in [-0.15, -0.1) is 0 Å². The van der Waals surface area contributed by atoms with E-state index in [4.69, 9.17) is 0 Å². The van der Waals surface area contributed by atoms with E-state index in [1.54, 1.807) is 5.57 Å². The highest BCUT2D eigenvalue weighted by Gasteiger charge is 2.14. The maximum atomic E-state index is 4.44. The third-order valence-electron chi connectivity index (χ3n) is 4.66. The normalized spacial score (nSPS) is 14.2. The molecule has 0 aliphatic rings. The predicted molar refractivity (Wildman–Crippen MR) is 94.2 cm³/mol. The minimum Gasteiger partial charge on any atom is -0.0996 e. The first-order valence-electron chi connectivity index (χ1n) is 9.37. The molecule has 0 rings (SSSR count). The Balaban J connectivity index is 4.16. The molecule has 0 saturated heterocycles. The molecule has 0 radical (unpaired) electrons. The molecule has 0 amide bonds. The summed E-state index contributed by atoms with van der Waals surface area (Å²) < 4.78 is 0. The molecule has 0 nitrogen and oxygen atoms in total. The number of hydrogen-bond acceptors (Lipinski definition) is 0. The second-order valence-corrected chi connectivity index (χ2v) is 6.62. The van der Waals surface area contributed by atoms with Crippen LogP contribution < -0.4 is 0 Å². The van der Waals surface area contributed by atoms with Gasteiger partial charge in [-0.2, -0.15) is 0 Å². The lowest BCUT2D eigenvalue weighted by atomic mass is 9.84. The maximum Gasteiger partial charge on any atom is -0.0206 e. The minimum absolute atomic E-state index is 0.799. The number of hydrogen-bond donors (Lipinski definition) is 0. The van der Waals surface area contributed by atoms with Crippen LogP contribution in [-0.4, -0.2) is 0 Å². The standard InChI is InChI=1S/C20H40/c1-6-10-14-19(12-8-3)17-16-18(5)20(13-9-4)15-11-7-2/h19-20H,5-17H2,1-4H3. The van der Waals surface area contributed by atoms with E-state index >= 15 is 0 Å². The zero-order valence-corrected chi connectivity index (χ0v) is 14.8. The van der Waals surface area contributed by atoms with Crippen LogP contribution in [-0.2, 0) is 0 Å². The summed E-state index contributed by atoms with van der Waals surface area (Å²) in [6.07, 6.45) is 16.3. The van der Waals surface area contributed by atoms with Crippen LogP contribution in [0.25, 0.3) is 0 Å². The van der Waals surface area contributed by atoms with Crippen molar-refractivity contribution in [3.05, 3.63) is 12.2 Å². The van der Waals surface area contributed by atoms with Gasteiger partial charge in [-0.1, -0.05) is 91.2 Å². The SMILES string of the molecule is C=C(CCC(CCC)CCCC)C(CCC)CCCC. The van der Waals surface area contributed by atoms with E-state index in [1.807, 2.05) is 0 Å². The van der Waals surface area contributed by atoms with E-state index in [2.05, 4.69) is 34.3 Å². The van der Waals surface area contributed by atoms with Crippen LogP contribution in [0.1, 0.15) is 105 Å². The van der Waals surface area contributed by atoms with Gasteiger partial charge >= 0.3 is 0 Å². The zero-order valence-electron chi connectivity index (χ0n) is 14.8. The van der Waals surface area contributed by atoms with Gasteiger partial charge in [0.2, 0.25) is 0 Å². The molecule has 0 aromatic rings. The molecule has 2 unspecified atom stereocenters. The lowest BCUT2D eigenvalue weighted by Gasteiger charge is -2.22. The summed E-state index contributed by atoms with van der Waals surface area (Å²) in [5.41, 5.74) is 1.55. The molecule has 0 fully saturated rings. The summed E-state index contributed by atoms with van der Waals surface area (Å²) in [6, 6.07) is 0. The maximum absolute atomic E-state index is 4.44. The van der Waals surface area contributed by atoms with Gasteiger partial charge in [-0.05, 0) is 37.5 Å². The van der Waals surface area contributed by atoms with E-state index in [0.29, 0.717) is 0 Å². The van der Waals surface area contributed by atoms with Crippen molar-refractivity contribution in [2.75, 3.05) is 0 Å². The van der Waals surface area contributed by atoms with E-state index in [0.717, 1.165) is 11.8 Å². The molecule has 20 heavy (non-hydrogen) atoms. The Morgan fingerprint density at radius 2 is 1.30 bits per heavy atom. The largest absolute Gasteiger partial charge is 0.0996 e. The fourth-order valence-electron chi connectivity index (χ4n) is 3.28. The second-order valence-electron chi connectivity index (χ2n) is 6.62. The van der Waals surface area contributed by atoms with Crippen LogP contribution in [0.4, 0.5) is 0 Å². The molecule has 0 saturated carbocycles. The number of unbranched alkanes of at least 4 members (excludes halogenated alkanes) is 2. The lowest BCUT2D eigenvalue weighted by Crippen LogP contribution is -2.07. The van der Waals surface area contributed by atoms with Crippen LogP contribution in [0, 0.1) is 11.8 Å². The van der Waals surface area contributed by atoms with Crippen molar-refractivity contribution in [2.45, 2.75) is 105 Å². The average molecular weight is 281 g/mol. The summed E-state index contributed by atoms with van der Waals surface area (Å²) in [7, 11) is 0. The average Bonchev–Trinajstić information content (AvgIpc) is 2.46. The fourth-order valence-corrected chi connectivity index (χ4v) is 3.28. The lowest BCUT2D eigenvalue weighted by molar-refractivity contribution is 0.387. The monoisotopic (exact) mass is 280 g/mol. The zero-order chi connectivity index (χ0) is 15.2. The Labute approximate surface area is 129 Å². The third kappa shape index (κ3) is 9.61. The second kappa shape index (κ2) is 13.7. The van der Waals surface area contributed by atoms with Crippen LogP contribution in [0.2, 0.25) is 0 Å².